The number of amides is 2. The highest BCUT2D eigenvalue weighted by Gasteiger charge is 2.24. The predicted molar refractivity (Wildman–Crippen MR) is 118 cm³/mol. The number of piperazine rings is 1. The van der Waals surface area contributed by atoms with Gasteiger partial charge in [-0.15, -0.1) is 0 Å². The maximum absolute atomic E-state index is 12.7. The van der Waals surface area contributed by atoms with Crippen LogP contribution < -0.4 is 10.2 Å². The minimum absolute atomic E-state index is 0.0355. The summed E-state index contributed by atoms with van der Waals surface area (Å²) >= 11 is 0. The van der Waals surface area contributed by atoms with Crippen molar-refractivity contribution < 1.29 is 9.59 Å². The summed E-state index contributed by atoms with van der Waals surface area (Å²) in [7, 11) is 1.95. The fourth-order valence-electron chi connectivity index (χ4n) is 3.62. The molecule has 2 aromatic rings. The van der Waals surface area contributed by atoms with Gasteiger partial charge in [-0.3, -0.25) is 14.5 Å². The van der Waals surface area contributed by atoms with Crippen molar-refractivity contribution in [3.8, 4) is 0 Å². The summed E-state index contributed by atoms with van der Waals surface area (Å²) in [5, 5.41) is 5.36. The average molecular weight is 397 g/mol. The van der Waals surface area contributed by atoms with Gasteiger partial charge in [0.1, 0.15) is 0 Å². The molecule has 1 heterocycles. The molecule has 156 valence electrons. The second-order valence-electron chi connectivity index (χ2n) is 8.84. The van der Waals surface area contributed by atoms with Gasteiger partial charge in [0.2, 0.25) is 11.8 Å². The van der Waals surface area contributed by atoms with Crippen molar-refractivity contribution in [2.75, 3.05) is 51.2 Å². The SMILES string of the molecule is CN(CC(=O)N1CCN(CC(=O)NC(C)(C)C)CC1)c1ccc2ccccc2c1. The summed E-state index contributed by atoms with van der Waals surface area (Å²) in [4.78, 5) is 30.9. The number of nitrogens with one attached hydrogen (secondary N) is 1. The highest BCUT2D eigenvalue weighted by Crippen LogP contribution is 2.21. The number of nitrogens with zero attached hydrogens (tertiary/aromatic N) is 3. The Morgan fingerprint density at radius 1 is 1.00 bits per heavy atom. The summed E-state index contributed by atoms with van der Waals surface area (Å²) in [6.07, 6.45) is 0. The van der Waals surface area contributed by atoms with Gasteiger partial charge in [-0.25, -0.2) is 0 Å². The molecule has 1 N–H and O–H groups in total. The van der Waals surface area contributed by atoms with Crippen LogP contribution in [0.2, 0.25) is 0 Å². The largest absolute Gasteiger partial charge is 0.365 e. The van der Waals surface area contributed by atoms with Crippen molar-refractivity contribution in [3.05, 3.63) is 42.5 Å². The van der Waals surface area contributed by atoms with Crippen LogP contribution in [0, 0.1) is 0 Å². The monoisotopic (exact) mass is 396 g/mol. The second-order valence-corrected chi connectivity index (χ2v) is 8.84. The van der Waals surface area contributed by atoms with Crippen LogP contribution in [0.15, 0.2) is 42.5 Å². The highest BCUT2D eigenvalue weighted by molar-refractivity contribution is 5.87. The Morgan fingerprint density at radius 2 is 1.66 bits per heavy atom. The van der Waals surface area contributed by atoms with Crippen LogP contribution in [-0.2, 0) is 9.59 Å². The van der Waals surface area contributed by atoms with Crippen molar-refractivity contribution in [1.29, 1.82) is 0 Å². The smallest absolute Gasteiger partial charge is 0.242 e. The fourth-order valence-corrected chi connectivity index (χ4v) is 3.62. The van der Waals surface area contributed by atoms with E-state index in [9.17, 15) is 9.59 Å². The number of carbonyl (C=O) groups excluding carboxylic acids is 2. The lowest BCUT2D eigenvalue weighted by atomic mass is 10.1. The number of anilines is 1. The molecule has 2 amide bonds. The molecule has 0 saturated carbocycles. The molecule has 1 fully saturated rings. The third kappa shape index (κ3) is 5.94. The number of hydrogen-bond acceptors (Lipinski definition) is 4. The number of hydrogen-bond donors (Lipinski definition) is 1. The van der Waals surface area contributed by atoms with Crippen LogP contribution in [0.25, 0.3) is 10.8 Å². The molecule has 0 unspecified atom stereocenters. The Bertz CT molecular complexity index is 867. The molecule has 0 aliphatic carbocycles. The maximum atomic E-state index is 12.7. The van der Waals surface area contributed by atoms with Crippen LogP contribution in [0.3, 0.4) is 0 Å². The van der Waals surface area contributed by atoms with Crippen molar-refractivity contribution in [1.82, 2.24) is 15.1 Å². The first-order chi connectivity index (χ1) is 13.7. The first kappa shape index (κ1) is 21.1. The fraction of sp³-hybridized carbons (Fsp3) is 0.478. The average Bonchev–Trinajstić information content (AvgIpc) is 2.66. The summed E-state index contributed by atoms with van der Waals surface area (Å²) in [5.74, 6) is 0.160. The molecule has 6 nitrogen and oxygen atoms in total. The number of rotatable bonds is 5. The van der Waals surface area contributed by atoms with E-state index in [-0.39, 0.29) is 17.4 Å². The molecular formula is C23H32N4O2. The Kier molecular flexibility index (Phi) is 6.42. The summed E-state index contributed by atoms with van der Waals surface area (Å²) < 4.78 is 0. The van der Waals surface area contributed by atoms with Crippen molar-refractivity contribution in [3.63, 3.8) is 0 Å². The third-order valence-electron chi connectivity index (χ3n) is 5.15. The molecule has 29 heavy (non-hydrogen) atoms. The van der Waals surface area contributed by atoms with Crippen LogP contribution in [0.5, 0.6) is 0 Å². The van der Waals surface area contributed by atoms with E-state index in [1.165, 1.54) is 10.8 Å². The molecule has 0 atom stereocenters. The Morgan fingerprint density at radius 3 is 2.31 bits per heavy atom. The van der Waals surface area contributed by atoms with Gasteiger partial charge in [0, 0.05) is 44.5 Å². The van der Waals surface area contributed by atoms with Crippen molar-refractivity contribution >= 4 is 28.3 Å². The van der Waals surface area contributed by atoms with Crippen LogP contribution in [-0.4, -0.2) is 73.5 Å². The van der Waals surface area contributed by atoms with Gasteiger partial charge >= 0.3 is 0 Å². The predicted octanol–water partition coefficient (Wildman–Crippen LogP) is 2.33. The lowest BCUT2D eigenvalue weighted by Crippen LogP contribution is -2.54. The van der Waals surface area contributed by atoms with E-state index >= 15 is 0 Å². The lowest BCUT2D eigenvalue weighted by molar-refractivity contribution is -0.131. The standard InChI is InChI=1S/C23H32N4O2/c1-23(2,3)24-21(28)16-26-11-13-27(14-12-26)22(29)17-25(4)20-10-9-18-7-5-6-8-19(18)15-20/h5-10,15H,11-14,16-17H2,1-4H3,(H,24,28). The minimum atomic E-state index is -0.220. The van der Waals surface area contributed by atoms with Gasteiger partial charge in [0.05, 0.1) is 13.1 Å². The van der Waals surface area contributed by atoms with E-state index in [0.29, 0.717) is 26.2 Å². The lowest BCUT2D eigenvalue weighted by Gasteiger charge is -2.35. The Labute approximate surface area is 173 Å². The molecular weight excluding hydrogens is 364 g/mol. The summed E-state index contributed by atoms with van der Waals surface area (Å²) in [6, 6.07) is 14.5. The number of carbonyl (C=O) groups is 2. The molecule has 1 aliphatic rings. The van der Waals surface area contributed by atoms with Gasteiger partial charge in [-0.2, -0.15) is 0 Å². The Hall–Kier alpha value is -2.60. The van der Waals surface area contributed by atoms with Gasteiger partial charge < -0.3 is 15.1 Å². The van der Waals surface area contributed by atoms with Crippen LogP contribution in [0.4, 0.5) is 5.69 Å². The minimum Gasteiger partial charge on any atom is -0.365 e. The van der Waals surface area contributed by atoms with Gasteiger partial charge in [-0.05, 0) is 43.7 Å². The van der Waals surface area contributed by atoms with Crippen molar-refractivity contribution in [2.24, 2.45) is 0 Å². The first-order valence-corrected chi connectivity index (χ1v) is 10.2. The van der Waals surface area contributed by atoms with E-state index in [1.807, 2.05) is 49.8 Å². The van der Waals surface area contributed by atoms with Crippen LogP contribution in [0.1, 0.15) is 20.8 Å². The van der Waals surface area contributed by atoms with Crippen LogP contribution >= 0.6 is 0 Å². The van der Waals surface area contributed by atoms with E-state index in [4.69, 9.17) is 0 Å². The number of benzene rings is 2. The van der Waals surface area contributed by atoms with E-state index < -0.39 is 0 Å². The highest BCUT2D eigenvalue weighted by atomic mass is 16.2. The summed E-state index contributed by atoms with van der Waals surface area (Å²) in [6.45, 7) is 9.44. The maximum Gasteiger partial charge on any atom is 0.242 e. The molecule has 3 rings (SSSR count). The summed E-state index contributed by atoms with van der Waals surface area (Å²) in [5.41, 5.74) is 0.817. The van der Waals surface area contributed by atoms with E-state index in [2.05, 4.69) is 40.5 Å². The molecule has 0 bridgehead atoms. The van der Waals surface area contributed by atoms with E-state index in [1.54, 1.807) is 0 Å². The van der Waals surface area contributed by atoms with Gasteiger partial charge in [0.15, 0.2) is 0 Å². The number of likely N-dealkylation sites (N-methyl/N-ethyl adjacent to an activating group) is 1. The zero-order valence-electron chi connectivity index (χ0n) is 17.9. The second kappa shape index (κ2) is 8.82. The Balaban J connectivity index is 1.49. The van der Waals surface area contributed by atoms with Crippen molar-refractivity contribution in [2.45, 2.75) is 26.3 Å². The number of fused-ring (bicyclic) bond motifs is 1. The molecule has 0 spiro atoms. The molecule has 0 aromatic heterocycles. The zero-order chi connectivity index (χ0) is 21.0. The third-order valence-corrected chi connectivity index (χ3v) is 5.15. The normalized spacial score (nSPS) is 15.4. The van der Waals surface area contributed by atoms with Gasteiger partial charge in [0.25, 0.3) is 0 Å². The molecule has 1 aliphatic heterocycles. The topological polar surface area (TPSA) is 55.9 Å². The van der Waals surface area contributed by atoms with Gasteiger partial charge in [-0.1, -0.05) is 30.3 Å². The molecule has 1 saturated heterocycles. The molecule has 0 radical (unpaired) electrons. The van der Waals surface area contributed by atoms with E-state index in [0.717, 1.165) is 18.8 Å². The quantitative estimate of drug-likeness (QED) is 0.843. The molecule has 2 aromatic carbocycles. The first-order valence-electron chi connectivity index (χ1n) is 10.2. The molecule has 6 heteroatoms. The zero-order valence-corrected chi connectivity index (χ0v) is 17.9.